The van der Waals surface area contributed by atoms with E-state index >= 15 is 0 Å². The van der Waals surface area contributed by atoms with Crippen LogP contribution in [0.25, 0.3) is 0 Å². The molecule has 26 heavy (non-hydrogen) atoms. The van der Waals surface area contributed by atoms with Crippen LogP contribution in [0.1, 0.15) is 16.1 Å². The number of benzene rings is 2. The van der Waals surface area contributed by atoms with Crippen molar-refractivity contribution in [2.24, 2.45) is 7.05 Å². The summed E-state index contributed by atoms with van der Waals surface area (Å²) in [6.45, 7) is 0. The van der Waals surface area contributed by atoms with Gasteiger partial charge in [-0.25, -0.2) is 0 Å². The maximum atomic E-state index is 13.0. The molecule has 0 atom stereocenters. The summed E-state index contributed by atoms with van der Waals surface area (Å²) < 4.78 is 39.8. The maximum absolute atomic E-state index is 13.0. The van der Waals surface area contributed by atoms with Crippen LogP contribution < -0.4 is 10.6 Å². The molecular weight excluding hydrogens is 345 g/mol. The van der Waals surface area contributed by atoms with Gasteiger partial charge in [0.1, 0.15) is 0 Å². The van der Waals surface area contributed by atoms with Gasteiger partial charge in [-0.15, -0.1) is 0 Å². The molecule has 0 aliphatic carbocycles. The smallest absolute Gasteiger partial charge is 0.356 e. The molecule has 1 aromatic heterocycles. The van der Waals surface area contributed by atoms with Gasteiger partial charge in [0.25, 0.3) is 5.91 Å². The van der Waals surface area contributed by atoms with Crippen molar-refractivity contribution in [3.05, 3.63) is 72.1 Å². The van der Waals surface area contributed by atoms with E-state index in [4.69, 9.17) is 0 Å². The lowest BCUT2D eigenvalue weighted by molar-refractivity contribution is -0.141. The number of para-hydroxylation sites is 1. The number of rotatable bonds is 4. The van der Waals surface area contributed by atoms with Crippen LogP contribution in [0.5, 0.6) is 0 Å². The Hall–Kier alpha value is -3.29. The van der Waals surface area contributed by atoms with Crippen molar-refractivity contribution in [1.82, 2.24) is 9.78 Å². The van der Waals surface area contributed by atoms with Crippen molar-refractivity contribution in [2.45, 2.75) is 6.18 Å². The zero-order valence-corrected chi connectivity index (χ0v) is 13.7. The second kappa shape index (κ2) is 6.91. The Morgan fingerprint density at radius 3 is 2.15 bits per heavy atom. The predicted molar refractivity (Wildman–Crippen MR) is 92.3 cm³/mol. The number of nitrogens with one attached hydrogen (secondary N) is 2. The summed E-state index contributed by atoms with van der Waals surface area (Å²) in [5, 5.41) is 8.96. The Morgan fingerprint density at radius 2 is 1.54 bits per heavy atom. The molecule has 0 spiro atoms. The van der Waals surface area contributed by atoms with Crippen molar-refractivity contribution in [3.8, 4) is 0 Å². The lowest BCUT2D eigenvalue weighted by Crippen LogP contribution is -2.17. The highest BCUT2D eigenvalue weighted by atomic mass is 19.4. The molecule has 0 radical (unpaired) electrons. The minimum atomic E-state index is -4.70. The number of anilines is 3. The summed E-state index contributed by atoms with van der Waals surface area (Å²) in [4.78, 5) is 12.2. The molecule has 2 N–H and O–H groups in total. The molecule has 0 bridgehead atoms. The first-order valence-electron chi connectivity index (χ1n) is 7.67. The van der Waals surface area contributed by atoms with Crippen LogP contribution in [0.4, 0.5) is 30.2 Å². The second-order valence-corrected chi connectivity index (χ2v) is 5.59. The first kappa shape index (κ1) is 17.5. The normalized spacial score (nSPS) is 11.2. The number of aryl methyl sites for hydroxylation is 1. The van der Waals surface area contributed by atoms with E-state index in [2.05, 4.69) is 15.7 Å². The van der Waals surface area contributed by atoms with E-state index in [1.807, 2.05) is 30.3 Å². The predicted octanol–water partition coefficient (Wildman–Crippen LogP) is 4.43. The molecule has 1 heterocycles. The number of amides is 1. The van der Waals surface area contributed by atoms with E-state index in [-0.39, 0.29) is 0 Å². The molecule has 3 rings (SSSR count). The van der Waals surface area contributed by atoms with Crippen LogP contribution in [-0.4, -0.2) is 15.7 Å². The van der Waals surface area contributed by atoms with Crippen LogP contribution in [0, 0.1) is 0 Å². The van der Waals surface area contributed by atoms with Crippen LogP contribution in [-0.2, 0) is 13.2 Å². The number of nitrogens with zero attached hydrogens (tertiary/aromatic N) is 2. The van der Waals surface area contributed by atoms with Crippen molar-refractivity contribution in [3.63, 3.8) is 0 Å². The van der Waals surface area contributed by atoms with Crippen LogP contribution >= 0.6 is 0 Å². The zero-order valence-electron chi connectivity index (χ0n) is 13.7. The van der Waals surface area contributed by atoms with Crippen molar-refractivity contribution >= 4 is 23.0 Å². The standard InChI is InChI=1S/C18H15F3N4O/c1-25-11-15(16(24-25)18(19,20)21)17(26)23-14-9-7-13(8-10-14)22-12-5-3-2-4-6-12/h2-11,22H,1H3,(H,23,26). The number of alkyl halides is 3. The molecule has 0 aliphatic heterocycles. The number of hydrogen-bond acceptors (Lipinski definition) is 3. The van der Waals surface area contributed by atoms with Crippen LogP contribution in [0.2, 0.25) is 0 Å². The summed E-state index contributed by atoms with van der Waals surface area (Å²) in [6, 6.07) is 16.1. The summed E-state index contributed by atoms with van der Waals surface area (Å²) in [5.74, 6) is -0.866. The number of hydrogen-bond donors (Lipinski definition) is 2. The van der Waals surface area contributed by atoms with Gasteiger partial charge in [-0.3, -0.25) is 9.48 Å². The topological polar surface area (TPSA) is 59.0 Å². The van der Waals surface area contributed by atoms with Crippen LogP contribution in [0.3, 0.4) is 0 Å². The highest BCUT2D eigenvalue weighted by Gasteiger charge is 2.38. The third-order valence-corrected chi connectivity index (χ3v) is 3.55. The average molecular weight is 360 g/mol. The molecule has 1 amide bonds. The molecule has 3 aromatic rings. The highest BCUT2D eigenvalue weighted by Crippen LogP contribution is 2.31. The number of halogens is 3. The first-order valence-corrected chi connectivity index (χ1v) is 7.67. The molecule has 0 unspecified atom stereocenters. The van der Waals surface area contributed by atoms with Gasteiger partial charge in [-0.1, -0.05) is 18.2 Å². The van der Waals surface area contributed by atoms with Crippen molar-refractivity contribution in [1.29, 1.82) is 0 Å². The fourth-order valence-electron chi connectivity index (χ4n) is 2.39. The van der Waals surface area contributed by atoms with Gasteiger partial charge >= 0.3 is 6.18 Å². The van der Waals surface area contributed by atoms with Crippen molar-refractivity contribution in [2.75, 3.05) is 10.6 Å². The third-order valence-electron chi connectivity index (χ3n) is 3.55. The molecule has 0 saturated carbocycles. The second-order valence-electron chi connectivity index (χ2n) is 5.59. The molecule has 134 valence electrons. The fourth-order valence-corrected chi connectivity index (χ4v) is 2.39. The number of carbonyl (C=O) groups excluding carboxylic acids is 1. The zero-order chi connectivity index (χ0) is 18.7. The van der Waals surface area contributed by atoms with Gasteiger partial charge in [-0.05, 0) is 36.4 Å². The third kappa shape index (κ3) is 4.02. The Kier molecular flexibility index (Phi) is 4.66. The molecular formula is C18H15F3N4O. The molecule has 5 nitrogen and oxygen atoms in total. The molecule has 0 saturated heterocycles. The molecule has 2 aromatic carbocycles. The van der Waals surface area contributed by atoms with Gasteiger partial charge in [0.15, 0.2) is 5.69 Å². The Labute approximate surface area is 147 Å². The minimum absolute atomic E-state index is 0.380. The Balaban J connectivity index is 1.73. The van der Waals surface area contributed by atoms with Gasteiger partial charge in [0.05, 0.1) is 5.56 Å². The van der Waals surface area contributed by atoms with E-state index < -0.39 is 23.3 Å². The lowest BCUT2D eigenvalue weighted by atomic mass is 10.2. The summed E-state index contributed by atoms with van der Waals surface area (Å²) in [7, 11) is 1.33. The average Bonchev–Trinajstić information content (AvgIpc) is 3.00. The van der Waals surface area contributed by atoms with Gasteiger partial charge in [0, 0.05) is 30.3 Å². The number of aromatic nitrogens is 2. The summed E-state index contributed by atoms with van der Waals surface area (Å²) in [5.41, 5.74) is 0.331. The highest BCUT2D eigenvalue weighted by molar-refractivity contribution is 6.05. The fraction of sp³-hybridized carbons (Fsp3) is 0.111. The number of carbonyl (C=O) groups is 1. The largest absolute Gasteiger partial charge is 0.435 e. The van der Waals surface area contributed by atoms with E-state index in [0.717, 1.165) is 22.3 Å². The molecule has 0 fully saturated rings. The Morgan fingerprint density at radius 1 is 0.962 bits per heavy atom. The van der Waals surface area contributed by atoms with E-state index in [1.54, 1.807) is 24.3 Å². The van der Waals surface area contributed by atoms with E-state index in [9.17, 15) is 18.0 Å². The molecule has 8 heteroatoms. The van der Waals surface area contributed by atoms with Crippen molar-refractivity contribution < 1.29 is 18.0 Å². The van der Waals surface area contributed by atoms with Crippen LogP contribution in [0.15, 0.2) is 60.8 Å². The summed E-state index contributed by atoms with van der Waals surface area (Å²) in [6.07, 6.45) is -3.65. The van der Waals surface area contributed by atoms with Gasteiger partial charge in [0.2, 0.25) is 0 Å². The van der Waals surface area contributed by atoms with E-state index in [1.165, 1.54) is 7.05 Å². The Bertz CT molecular complexity index is 902. The SMILES string of the molecule is Cn1cc(C(=O)Nc2ccc(Nc3ccccc3)cc2)c(C(F)(F)F)n1. The molecule has 0 aliphatic rings. The van der Waals surface area contributed by atoms with Gasteiger partial charge < -0.3 is 10.6 Å². The van der Waals surface area contributed by atoms with Gasteiger partial charge in [-0.2, -0.15) is 18.3 Å². The first-order chi connectivity index (χ1) is 12.3. The quantitative estimate of drug-likeness (QED) is 0.723. The maximum Gasteiger partial charge on any atom is 0.435 e. The summed E-state index contributed by atoms with van der Waals surface area (Å²) >= 11 is 0. The monoisotopic (exact) mass is 360 g/mol. The minimum Gasteiger partial charge on any atom is -0.356 e. The lowest BCUT2D eigenvalue weighted by Gasteiger charge is -2.09. The van der Waals surface area contributed by atoms with E-state index in [0.29, 0.717) is 5.69 Å².